The molecule has 1 aliphatic heterocycles. The molecule has 1 aliphatic rings. The molecule has 2 heterocycles. The number of rotatable bonds is 6. The van der Waals surface area contributed by atoms with Gasteiger partial charge < -0.3 is 15.0 Å². The van der Waals surface area contributed by atoms with Crippen LogP contribution >= 0.6 is 23.2 Å². The van der Waals surface area contributed by atoms with Gasteiger partial charge in [0.25, 0.3) is 11.8 Å². The molecule has 2 amide bonds. The van der Waals surface area contributed by atoms with Gasteiger partial charge in [-0.2, -0.15) is 5.26 Å². The Hall–Kier alpha value is -4.52. The average Bonchev–Trinajstić information content (AvgIpc) is 3.28. The number of nitrogens with one attached hydrogen (secondary N) is 1. The molecule has 0 radical (unpaired) electrons. The second-order valence-electron chi connectivity index (χ2n) is 9.08. The fourth-order valence-corrected chi connectivity index (χ4v) is 4.99. The van der Waals surface area contributed by atoms with Gasteiger partial charge in [0.2, 0.25) is 0 Å². The monoisotopic (exact) mass is 575 g/mol. The Morgan fingerprint density at radius 2 is 1.80 bits per heavy atom. The molecule has 4 aromatic rings. The summed E-state index contributed by atoms with van der Waals surface area (Å²) in [7, 11) is 1.47. The molecule has 0 saturated carbocycles. The van der Waals surface area contributed by atoms with Crippen LogP contribution in [0.15, 0.2) is 71.5 Å². The Bertz CT molecular complexity index is 1720. The lowest BCUT2D eigenvalue weighted by molar-refractivity contribution is 0.0706. The van der Waals surface area contributed by atoms with Crippen LogP contribution in [0.3, 0.4) is 0 Å². The number of amides is 2. The highest BCUT2D eigenvalue weighted by Crippen LogP contribution is 2.27. The maximum absolute atomic E-state index is 13.7. The first-order valence-corrected chi connectivity index (χ1v) is 13.1. The van der Waals surface area contributed by atoms with E-state index in [1.165, 1.54) is 28.4 Å². The minimum atomic E-state index is -0.516. The Morgan fingerprint density at radius 3 is 2.50 bits per heavy atom. The highest BCUT2D eigenvalue weighted by Gasteiger charge is 2.33. The summed E-state index contributed by atoms with van der Waals surface area (Å²) >= 11 is 12.1. The molecule has 0 fully saturated rings. The molecular weight excluding hydrogens is 553 g/mol. The van der Waals surface area contributed by atoms with E-state index in [2.05, 4.69) is 11.4 Å². The highest BCUT2D eigenvalue weighted by molar-refractivity contribution is 6.42. The Balaban J connectivity index is 1.59. The zero-order valence-corrected chi connectivity index (χ0v) is 22.9. The fraction of sp³-hybridized carbons (Fsp3) is 0.172. The van der Waals surface area contributed by atoms with Gasteiger partial charge in [-0.25, -0.2) is 4.79 Å². The number of benzene rings is 3. The summed E-state index contributed by atoms with van der Waals surface area (Å²) in [6.45, 7) is 0.603. The van der Waals surface area contributed by atoms with E-state index in [4.69, 9.17) is 27.9 Å². The van der Waals surface area contributed by atoms with Crippen LogP contribution in [0.4, 0.5) is 0 Å². The third kappa shape index (κ3) is 5.07. The third-order valence-corrected chi connectivity index (χ3v) is 7.45. The van der Waals surface area contributed by atoms with E-state index in [1.54, 1.807) is 29.2 Å². The number of nitriles is 1. The lowest BCUT2D eigenvalue weighted by Crippen LogP contribution is -2.41. The molecule has 0 bridgehead atoms. The Labute approximate surface area is 239 Å². The van der Waals surface area contributed by atoms with Gasteiger partial charge in [-0.05, 0) is 35.9 Å². The predicted molar refractivity (Wildman–Crippen MR) is 150 cm³/mol. The van der Waals surface area contributed by atoms with Gasteiger partial charge in [-0.3, -0.25) is 18.7 Å². The van der Waals surface area contributed by atoms with Crippen LogP contribution in [0.25, 0.3) is 5.69 Å². The number of nitrogens with zero attached hydrogens (tertiary/aromatic N) is 4. The third-order valence-electron chi connectivity index (χ3n) is 6.71. The number of carbonyl (C=O) groups is 2. The number of ether oxygens (including phenoxy) is 1. The molecule has 0 aliphatic carbocycles. The van der Waals surface area contributed by atoms with Crippen LogP contribution in [-0.4, -0.2) is 39.5 Å². The summed E-state index contributed by atoms with van der Waals surface area (Å²) < 4.78 is 7.95. The number of carbonyl (C=O) groups excluding carboxylic acids is 2. The van der Waals surface area contributed by atoms with Gasteiger partial charge in [0.15, 0.2) is 0 Å². The fourth-order valence-electron chi connectivity index (χ4n) is 4.69. The maximum Gasteiger partial charge on any atom is 0.333 e. The number of hydrogen-bond acceptors (Lipinski definition) is 5. The second kappa shape index (κ2) is 11.3. The van der Waals surface area contributed by atoms with Crippen LogP contribution in [-0.2, 0) is 19.6 Å². The SMILES string of the molecule is COc1ccc(-n2c(C(=O)NCc3ccccc3)c3n(c2=O)CCN(C(=O)c2ccc(Cl)c(Cl)c2)C3)c(C#N)c1. The number of halogens is 2. The Morgan fingerprint density at radius 1 is 1.02 bits per heavy atom. The largest absolute Gasteiger partial charge is 0.497 e. The average molecular weight is 576 g/mol. The number of imidazole rings is 1. The quantitative estimate of drug-likeness (QED) is 0.366. The molecule has 9 nitrogen and oxygen atoms in total. The summed E-state index contributed by atoms with van der Waals surface area (Å²) in [5.74, 6) is -0.396. The van der Waals surface area contributed by atoms with Gasteiger partial charge in [0.1, 0.15) is 17.5 Å². The molecule has 3 aromatic carbocycles. The first kappa shape index (κ1) is 27.1. The predicted octanol–water partition coefficient (Wildman–Crippen LogP) is 4.41. The summed E-state index contributed by atoms with van der Waals surface area (Å²) in [6, 6.07) is 20.7. The summed E-state index contributed by atoms with van der Waals surface area (Å²) in [6.07, 6.45) is 0. The van der Waals surface area contributed by atoms with Gasteiger partial charge in [-0.1, -0.05) is 53.5 Å². The topological polar surface area (TPSA) is 109 Å². The highest BCUT2D eigenvalue weighted by atomic mass is 35.5. The molecular formula is C29H23Cl2N5O4. The van der Waals surface area contributed by atoms with E-state index in [-0.39, 0.29) is 54.1 Å². The summed E-state index contributed by atoms with van der Waals surface area (Å²) in [5, 5.41) is 13.3. The van der Waals surface area contributed by atoms with Gasteiger partial charge in [0, 0.05) is 31.3 Å². The van der Waals surface area contributed by atoms with Crippen molar-refractivity contribution < 1.29 is 14.3 Å². The molecule has 11 heteroatoms. The maximum atomic E-state index is 13.7. The van der Waals surface area contributed by atoms with E-state index in [1.807, 2.05) is 30.3 Å². The van der Waals surface area contributed by atoms with E-state index in [0.29, 0.717) is 22.0 Å². The van der Waals surface area contributed by atoms with Gasteiger partial charge in [-0.15, -0.1) is 0 Å². The molecule has 202 valence electrons. The van der Waals surface area contributed by atoms with Crippen molar-refractivity contribution in [3.05, 3.63) is 115 Å². The molecule has 0 saturated heterocycles. The molecule has 0 spiro atoms. The molecule has 40 heavy (non-hydrogen) atoms. The summed E-state index contributed by atoms with van der Waals surface area (Å²) in [4.78, 5) is 42.4. The Kier molecular flexibility index (Phi) is 7.65. The van der Waals surface area contributed by atoms with Crippen molar-refractivity contribution in [3.63, 3.8) is 0 Å². The van der Waals surface area contributed by atoms with Crippen molar-refractivity contribution in [2.45, 2.75) is 19.6 Å². The second-order valence-corrected chi connectivity index (χ2v) is 9.90. The van der Waals surface area contributed by atoms with Crippen LogP contribution < -0.4 is 15.7 Å². The van der Waals surface area contributed by atoms with Crippen molar-refractivity contribution in [1.82, 2.24) is 19.4 Å². The molecule has 0 unspecified atom stereocenters. The summed E-state index contributed by atoms with van der Waals surface area (Å²) in [5.41, 5.74) is 1.53. The van der Waals surface area contributed by atoms with Crippen molar-refractivity contribution in [2.24, 2.45) is 0 Å². The van der Waals surface area contributed by atoms with Crippen LogP contribution in [0.1, 0.15) is 37.7 Å². The molecule has 1 aromatic heterocycles. The number of fused-ring (bicyclic) bond motifs is 1. The first-order chi connectivity index (χ1) is 19.3. The van der Waals surface area contributed by atoms with Crippen molar-refractivity contribution in [2.75, 3.05) is 13.7 Å². The molecule has 5 rings (SSSR count). The zero-order chi connectivity index (χ0) is 28.4. The standard InChI is InChI=1S/C29H23Cl2N5O4/c1-40-21-8-10-24(20(13-21)15-32)36-26(27(37)33-16-18-5-3-2-4-6-18)25-17-34(11-12-35(25)29(36)39)28(38)19-7-9-22(30)23(31)14-19/h2-10,13-14H,11-12,16-17H2,1H3,(H,33,37). The van der Waals surface area contributed by atoms with E-state index in [9.17, 15) is 19.6 Å². The van der Waals surface area contributed by atoms with Crippen LogP contribution in [0.2, 0.25) is 10.0 Å². The lowest BCUT2D eigenvalue weighted by atomic mass is 10.1. The number of methoxy groups -OCH3 is 1. The van der Waals surface area contributed by atoms with Gasteiger partial charge >= 0.3 is 5.69 Å². The molecule has 1 N–H and O–H groups in total. The zero-order valence-electron chi connectivity index (χ0n) is 21.4. The number of hydrogen-bond donors (Lipinski definition) is 1. The van der Waals surface area contributed by atoms with E-state index < -0.39 is 11.6 Å². The van der Waals surface area contributed by atoms with Crippen LogP contribution in [0.5, 0.6) is 5.75 Å². The van der Waals surface area contributed by atoms with E-state index >= 15 is 0 Å². The number of aromatic nitrogens is 2. The van der Waals surface area contributed by atoms with E-state index in [0.717, 1.165) is 5.56 Å². The van der Waals surface area contributed by atoms with Crippen molar-refractivity contribution >= 4 is 35.0 Å². The lowest BCUT2D eigenvalue weighted by Gasteiger charge is -2.28. The minimum absolute atomic E-state index is 0.00650. The smallest absolute Gasteiger partial charge is 0.333 e. The normalized spacial score (nSPS) is 12.4. The molecule has 0 atom stereocenters. The van der Waals surface area contributed by atoms with Crippen molar-refractivity contribution in [3.8, 4) is 17.5 Å². The minimum Gasteiger partial charge on any atom is -0.497 e. The first-order valence-electron chi connectivity index (χ1n) is 12.3. The van der Waals surface area contributed by atoms with Crippen LogP contribution in [0, 0.1) is 11.3 Å². The van der Waals surface area contributed by atoms with Crippen molar-refractivity contribution in [1.29, 1.82) is 5.26 Å². The van der Waals surface area contributed by atoms with Gasteiger partial charge in [0.05, 0.1) is 40.6 Å².